The molecular formula is C20H24F3N2+. The van der Waals surface area contributed by atoms with E-state index in [9.17, 15) is 13.2 Å². The van der Waals surface area contributed by atoms with Gasteiger partial charge < -0.3 is 9.80 Å². The molecule has 2 nitrogen and oxygen atoms in total. The number of quaternary nitrogens is 1. The van der Waals surface area contributed by atoms with E-state index in [1.54, 1.807) is 12.1 Å². The van der Waals surface area contributed by atoms with Gasteiger partial charge in [0.05, 0.1) is 31.7 Å². The van der Waals surface area contributed by atoms with E-state index in [0.29, 0.717) is 12.1 Å². The van der Waals surface area contributed by atoms with Crippen LogP contribution in [0.5, 0.6) is 0 Å². The van der Waals surface area contributed by atoms with Crippen LogP contribution in [0.3, 0.4) is 0 Å². The molecule has 0 unspecified atom stereocenters. The second kappa shape index (κ2) is 7.08. The summed E-state index contributed by atoms with van der Waals surface area (Å²) >= 11 is 0. The fraction of sp³-hybridized carbons (Fsp3) is 0.400. The van der Waals surface area contributed by atoms with E-state index in [1.165, 1.54) is 33.8 Å². The number of anilines is 1. The highest BCUT2D eigenvalue weighted by molar-refractivity contribution is 5.55. The van der Waals surface area contributed by atoms with Crippen molar-refractivity contribution in [3.05, 3.63) is 64.7 Å². The number of piperazine rings is 1. The van der Waals surface area contributed by atoms with Crippen LogP contribution in [0.25, 0.3) is 0 Å². The van der Waals surface area contributed by atoms with Crippen molar-refractivity contribution in [2.75, 3.05) is 31.1 Å². The molecule has 2 aromatic carbocycles. The maximum atomic E-state index is 13.2. The smallest absolute Gasteiger partial charge is 0.360 e. The second-order valence-electron chi connectivity index (χ2n) is 6.86. The van der Waals surface area contributed by atoms with Gasteiger partial charge in [0, 0.05) is 11.3 Å². The van der Waals surface area contributed by atoms with Gasteiger partial charge in [0.1, 0.15) is 6.54 Å². The molecule has 1 heterocycles. The Labute approximate surface area is 146 Å². The van der Waals surface area contributed by atoms with Gasteiger partial charge in [-0.2, -0.15) is 13.2 Å². The van der Waals surface area contributed by atoms with Gasteiger partial charge >= 0.3 is 6.18 Å². The number of benzene rings is 2. The summed E-state index contributed by atoms with van der Waals surface area (Å²) in [6.07, 6.45) is -4.28. The van der Waals surface area contributed by atoms with Gasteiger partial charge in [0.15, 0.2) is 0 Å². The van der Waals surface area contributed by atoms with Crippen LogP contribution in [0.4, 0.5) is 18.9 Å². The Balaban J connectivity index is 1.67. The van der Waals surface area contributed by atoms with E-state index < -0.39 is 11.7 Å². The third-order valence-corrected chi connectivity index (χ3v) is 4.94. The molecule has 134 valence electrons. The Kier molecular flexibility index (Phi) is 5.04. The first-order valence-electron chi connectivity index (χ1n) is 8.65. The third kappa shape index (κ3) is 4.15. The van der Waals surface area contributed by atoms with Crippen molar-refractivity contribution in [1.29, 1.82) is 0 Å². The van der Waals surface area contributed by atoms with Gasteiger partial charge in [0.25, 0.3) is 0 Å². The number of halogens is 3. The standard InChI is InChI=1S/C20H23F3N2/c1-15-7-8-16(2)19(13-15)25-11-9-24(10-12-25)14-17-5-3-4-6-18(17)20(21,22)23/h3-8,13H,9-12,14H2,1-2H3/p+1. The fourth-order valence-corrected chi connectivity index (χ4v) is 3.52. The lowest BCUT2D eigenvalue weighted by atomic mass is 10.1. The lowest BCUT2D eigenvalue weighted by Gasteiger charge is -2.35. The zero-order valence-corrected chi connectivity index (χ0v) is 14.7. The number of nitrogens with zero attached hydrogens (tertiary/aromatic N) is 1. The molecule has 5 heteroatoms. The second-order valence-corrected chi connectivity index (χ2v) is 6.86. The van der Waals surface area contributed by atoms with Crippen LogP contribution in [-0.4, -0.2) is 26.2 Å². The molecule has 25 heavy (non-hydrogen) atoms. The predicted octanol–water partition coefficient (Wildman–Crippen LogP) is 3.23. The van der Waals surface area contributed by atoms with E-state index in [1.807, 2.05) is 0 Å². The summed E-state index contributed by atoms with van der Waals surface area (Å²) in [4.78, 5) is 3.56. The van der Waals surface area contributed by atoms with Crippen molar-refractivity contribution in [2.24, 2.45) is 0 Å². The van der Waals surface area contributed by atoms with E-state index in [4.69, 9.17) is 0 Å². The molecule has 0 aliphatic carbocycles. The van der Waals surface area contributed by atoms with Gasteiger partial charge in [-0.15, -0.1) is 0 Å². The Morgan fingerprint density at radius 3 is 2.36 bits per heavy atom. The lowest BCUT2D eigenvalue weighted by molar-refractivity contribution is -0.914. The minimum absolute atomic E-state index is 0.394. The molecule has 0 bridgehead atoms. The van der Waals surface area contributed by atoms with Crippen molar-refractivity contribution >= 4 is 5.69 Å². The number of hydrogen-bond acceptors (Lipinski definition) is 1. The maximum absolute atomic E-state index is 13.2. The average molecular weight is 349 g/mol. The van der Waals surface area contributed by atoms with Crippen LogP contribution in [0, 0.1) is 13.8 Å². The Hall–Kier alpha value is -2.01. The highest BCUT2D eigenvalue weighted by Crippen LogP contribution is 2.31. The monoisotopic (exact) mass is 349 g/mol. The largest absolute Gasteiger partial charge is 0.416 e. The lowest BCUT2D eigenvalue weighted by Crippen LogP contribution is -3.13. The first kappa shape index (κ1) is 17.8. The summed E-state index contributed by atoms with van der Waals surface area (Å²) in [6.45, 7) is 8.04. The molecule has 0 aromatic heterocycles. The minimum Gasteiger partial charge on any atom is -0.360 e. The van der Waals surface area contributed by atoms with Gasteiger partial charge in [-0.3, -0.25) is 0 Å². The molecule has 1 fully saturated rings. The molecule has 3 rings (SSSR count). The number of hydrogen-bond donors (Lipinski definition) is 1. The average Bonchev–Trinajstić information content (AvgIpc) is 2.57. The summed E-state index contributed by atoms with van der Waals surface area (Å²) in [7, 11) is 0. The first-order valence-corrected chi connectivity index (χ1v) is 8.65. The van der Waals surface area contributed by atoms with Crippen molar-refractivity contribution in [2.45, 2.75) is 26.6 Å². The van der Waals surface area contributed by atoms with Crippen LogP contribution in [0.1, 0.15) is 22.3 Å². The predicted molar refractivity (Wildman–Crippen MR) is 94.0 cm³/mol. The van der Waals surface area contributed by atoms with Crippen LogP contribution in [0.2, 0.25) is 0 Å². The van der Waals surface area contributed by atoms with Crippen LogP contribution >= 0.6 is 0 Å². The third-order valence-electron chi connectivity index (χ3n) is 4.94. The van der Waals surface area contributed by atoms with Crippen molar-refractivity contribution in [3.63, 3.8) is 0 Å². The number of aryl methyl sites for hydroxylation is 2. The van der Waals surface area contributed by atoms with Crippen LogP contribution in [-0.2, 0) is 12.7 Å². The molecular weight excluding hydrogens is 325 g/mol. The van der Waals surface area contributed by atoms with Gasteiger partial charge in [-0.25, -0.2) is 0 Å². The molecule has 0 radical (unpaired) electrons. The normalized spacial score (nSPS) is 16.3. The maximum Gasteiger partial charge on any atom is 0.416 e. The van der Waals surface area contributed by atoms with Crippen molar-refractivity contribution in [1.82, 2.24) is 0 Å². The molecule has 0 amide bonds. The van der Waals surface area contributed by atoms with E-state index in [-0.39, 0.29) is 0 Å². The Morgan fingerprint density at radius 1 is 1.00 bits per heavy atom. The van der Waals surface area contributed by atoms with E-state index in [2.05, 4.69) is 36.9 Å². The number of alkyl halides is 3. The van der Waals surface area contributed by atoms with E-state index in [0.717, 1.165) is 26.2 Å². The zero-order valence-electron chi connectivity index (χ0n) is 14.7. The molecule has 0 saturated carbocycles. The first-order chi connectivity index (χ1) is 11.8. The molecule has 1 N–H and O–H groups in total. The van der Waals surface area contributed by atoms with Gasteiger partial charge in [-0.05, 0) is 37.1 Å². The molecule has 1 saturated heterocycles. The SMILES string of the molecule is Cc1ccc(C)c(N2CC[NH+](Cc3ccccc3C(F)(F)F)CC2)c1. The Bertz CT molecular complexity index is 732. The van der Waals surface area contributed by atoms with E-state index >= 15 is 0 Å². The van der Waals surface area contributed by atoms with Gasteiger partial charge in [-0.1, -0.05) is 30.3 Å². The summed E-state index contributed by atoms with van der Waals surface area (Å²) in [6, 6.07) is 12.4. The van der Waals surface area contributed by atoms with Gasteiger partial charge in [0.2, 0.25) is 0 Å². The summed E-state index contributed by atoms with van der Waals surface area (Å²) in [5, 5.41) is 0. The van der Waals surface area contributed by atoms with Crippen LogP contribution in [0.15, 0.2) is 42.5 Å². The zero-order chi connectivity index (χ0) is 18.0. The number of nitrogens with one attached hydrogen (secondary N) is 1. The van der Waals surface area contributed by atoms with Crippen LogP contribution < -0.4 is 9.80 Å². The minimum atomic E-state index is -4.28. The summed E-state index contributed by atoms with van der Waals surface area (Å²) in [5.74, 6) is 0. The fourth-order valence-electron chi connectivity index (χ4n) is 3.52. The molecule has 1 aliphatic heterocycles. The summed E-state index contributed by atoms with van der Waals surface area (Å²) in [5.41, 5.74) is 3.62. The Morgan fingerprint density at radius 2 is 1.68 bits per heavy atom. The topological polar surface area (TPSA) is 7.68 Å². The highest BCUT2D eigenvalue weighted by atomic mass is 19.4. The molecule has 0 atom stereocenters. The quantitative estimate of drug-likeness (QED) is 0.894. The molecule has 1 aliphatic rings. The van der Waals surface area contributed by atoms with Crippen molar-refractivity contribution in [3.8, 4) is 0 Å². The molecule has 2 aromatic rings. The molecule has 0 spiro atoms. The summed E-state index contributed by atoms with van der Waals surface area (Å²) < 4.78 is 39.5. The highest BCUT2D eigenvalue weighted by Gasteiger charge is 2.34. The number of rotatable bonds is 3. The van der Waals surface area contributed by atoms with Crippen molar-refractivity contribution < 1.29 is 18.1 Å².